The van der Waals surface area contributed by atoms with Crippen molar-refractivity contribution in [3.63, 3.8) is 0 Å². The lowest BCUT2D eigenvalue weighted by Crippen LogP contribution is -2.60. The predicted octanol–water partition coefficient (Wildman–Crippen LogP) is 2.42. The number of rotatable bonds is 20. The Labute approximate surface area is 328 Å². The zero-order valence-corrected chi connectivity index (χ0v) is 34.4. The first-order valence-corrected chi connectivity index (χ1v) is 21.9. The number of esters is 2. The Morgan fingerprint density at radius 3 is 1.07 bits per heavy atom. The van der Waals surface area contributed by atoms with Gasteiger partial charge in [-0.3, -0.25) is 28.5 Å². The van der Waals surface area contributed by atoms with Crippen molar-refractivity contribution >= 4 is 27.1 Å². The minimum atomic E-state index is -5.20. The topological polar surface area (TPSA) is 218 Å². The van der Waals surface area contributed by atoms with Crippen LogP contribution in [0.25, 0.3) is 0 Å². The first kappa shape index (κ1) is 47.7. The largest absolute Gasteiger partial charge is 0.460 e. The molecular formula is C36H58N4O14P2. The molecule has 0 aliphatic carbocycles. The van der Waals surface area contributed by atoms with Gasteiger partial charge >= 0.3 is 38.4 Å². The fourth-order valence-electron chi connectivity index (χ4n) is 6.22. The van der Waals surface area contributed by atoms with Crippen LogP contribution in [0.1, 0.15) is 38.8 Å². The maximum absolute atomic E-state index is 13.3. The summed E-state index contributed by atoms with van der Waals surface area (Å²) in [6.45, 7) is 4.69. The third-order valence-corrected chi connectivity index (χ3v) is 11.4. The highest BCUT2D eigenvalue weighted by molar-refractivity contribution is 7.53. The maximum atomic E-state index is 13.3. The minimum absolute atomic E-state index is 0.00137. The molecule has 316 valence electrons. The predicted molar refractivity (Wildman–Crippen MR) is 205 cm³/mol. The van der Waals surface area contributed by atoms with E-state index >= 15 is 0 Å². The fourth-order valence-corrected chi connectivity index (χ4v) is 8.54. The monoisotopic (exact) mass is 832 g/mol. The number of carbonyl (C=O) groups excluding carboxylic acids is 2. The van der Waals surface area contributed by atoms with Crippen LogP contribution in [0.5, 0.6) is 0 Å². The van der Waals surface area contributed by atoms with Crippen molar-refractivity contribution in [3.05, 3.63) is 71.8 Å². The van der Waals surface area contributed by atoms with E-state index in [2.05, 4.69) is 0 Å². The number of ether oxygens (including phenoxy) is 6. The Balaban J connectivity index is 2.04. The molecule has 1 fully saturated rings. The maximum Gasteiger partial charge on any atom is 0.401 e. The molecule has 18 nitrogen and oxygen atoms in total. The van der Waals surface area contributed by atoms with Gasteiger partial charge in [-0.1, -0.05) is 60.7 Å². The molecule has 0 amide bonds. The third-order valence-electron chi connectivity index (χ3n) is 8.80. The van der Waals surface area contributed by atoms with Crippen molar-refractivity contribution in [2.75, 3.05) is 91.9 Å². The van der Waals surface area contributed by atoms with Gasteiger partial charge < -0.3 is 48.0 Å². The average Bonchev–Trinajstić information content (AvgIpc) is 3.15. The Hall–Kier alpha value is -2.64. The van der Waals surface area contributed by atoms with E-state index in [9.17, 15) is 38.3 Å². The molecule has 0 unspecified atom stereocenters. The van der Waals surface area contributed by atoms with Crippen LogP contribution in [0.3, 0.4) is 0 Å². The number of nitrogens with zero attached hydrogens (tertiary/aromatic N) is 4. The minimum Gasteiger partial charge on any atom is -0.460 e. The summed E-state index contributed by atoms with van der Waals surface area (Å²) < 4.78 is 60.6. The summed E-state index contributed by atoms with van der Waals surface area (Å²) >= 11 is 0. The normalized spacial score (nSPS) is 16.9. The second-order valence-electron chi connectivity index (χ2n) is 12.7. The van der Waals surface area contributed by atoms with Crippen LogP contribution in [0.4, 0.5) is 0 Å². The quantitative estimate of drug-likeness (QED) is 0.0856. The molecule has 0 aromatic heterocycles. The fraction of sp³-hybridized carbons (Fsp3) is 0.611. The molecule has 3 rings (SSSR count). The summed E-state index contributed by atoms with van der Waals surface area (Å²) in [5.74, 6) is -1.21. The Kier molecular flexibility index (Phi) is 19.7. The van der Waals surface area contributed by atoms with Gasteiger partial charge in [0.2, 0.25) is 0 Å². The van der Waals surface area contributed by atoms with E-state index in [0.717, 1.165) is 11.1 Å². The number of benzene rings is 2. The first-order chi connectivity index (χ1) is 26.6. The van der Waals surface area contributed by atoms with Gasteiger partial charge in [0.1, 0.15) is 13.2 Å². The molecule has 0 radical (unpaired) electrons. The molecule has 56 heavy (non-hydrogen) atoms. The molecule has 4 N–H and O–H groups in total. The summed E-state index contributed by atoms with van der Waals surface area (Å²) in [7, 11) is -10.4. The highest BCUT2D eigenvalue weighted by atomic mass is 31.2. The zero-order valence-electron chi connectivity index (χ0n) is 32.6. The van der Waals surface area contributed by atoms with Crippen molar-refractivity contribution in [2.24, 2.45) is 0 Å². The third kappa shape index (κ3) is 13.7. The lowest BCUT2D eigenvalue weighted by atomic mass is 10.2. The van der Waals surface area contributed by atoms with Gasteiger partial charge in [0, 0.05) is 78.8 Å². The van der Waals surface area contributed by atoms with E-state index in [-0.39, 0.29) is 105 Å². The summed E-state index contributed by atoms with van der Waals surface area (Å²) in [6.07, 6.45) is 0. The van der Waals surface area contributed by atoms with Gasteiger partial charge in [-0.15, -0.1) is 0 Å². The standard InChI is InChI=1S/C36H58N4O14P2/c1-5-51-35(52-6-2,55(43,44)45)39-23-19-37(27-33(41)49-29-31-15-11-9-12-16-31)21-25-40(36(53-7-3,54-8-4)56(46,47)48)26-22-38(20-24-39)28-34(42)50-30-32-17-13-10-14-18-32/h9-18H,5-8,19-30H2,1-4H3,(H2,43,44,45)(H2,46,47,48). The molecule has 1 aliphatic rings. The van der Waals surface area contributed by atoms with Gasteiger partial charge in [0.25, 0.3) is 0 Å². The van der Waals surface area contributed by atoms with E-state index < -0.39 is 38.4 Å². The van der Waals surface area contributed by atoms with Crippen LogP contribution in [-0.2, 0) is 60.4 Å². The lowest BCUT2D eigenvalue weighted by molar-refractivity contribution is -0.272. The van der Waals surface area contributed by atoms with E-state index in [0.29, 0.717) is 0 Å². The zero-order chi connectivity index (χ0) is 41.2. The summed E-state index contributed by atoms with van der Waals surface area (Å²) in [5, 5.41) is 0. The van der Waals surface area contributed by atoms with Crippen LogP contribution in [0, 0.1) is 0 Å². The molecule has 1 aliphatic heterocycles. The molecule has 1 heterocycles. The Morgan fingerprint density at radius 2 is 0.821 bits per heavy atom. The summed E-state index contributed by atoms with van der Waals surface area (Å²) in [5.41, 5.74) is -3.49. The molecule has 0 bridgehead atoms. The summed E-state index contributed by atoms with van der Waals surface area (Å²) in [4.78, 5) is 75.5. The SMILES string of the molecule is CCOC(OCC)(N1CCN(CC(=O)OCc2ccccc2)CCN(C(OCC)(OCC)P(=O)(O)O)CCN(CC(=O)OCc2ccccc2)CC1)P(=O)(O)O. The molecule has 2 aromatic rings. The van der Waals surface area contributed by atoms with Gasteiger partial charge in [-0.05, 0) is 38.8 Å². The summed E-state index contributed by atoms with van der Waals surface area (Å²) in [6, 6.07) is 18.1. The molecule has 2 aromatic carbocycles. The molecule has 0 saturated carbocycles. The van der Waals surface area contributed by atoms with Crippen molar-refractivity contribution < 1.29 is 66.7 Å². The molecule has 0 spiro atoms. The first-order valence-electron chi connectivity index (χ1n) is 18.7. The van der Waals surface area contributed by atoms with Gasteiger partial charge in [-0.2, -0.15) is 0 Å². The molecule has 20 heteroatoms. The smallest absolute Gasteiger partial charge is 0.401 e. The second kappa shape index (κ2) is 23.1. The van der Waals surface area contributed by atoms with E-state index in [1.807, 2.05) is 36.4 Å². The second-order valence-corrected chi connectivity index (χ2v) is 16.0. The van der Waals surface area contributed by atoms with E-state index in [1.165, 1.54) is 9.80 Å². The van der Waals surface area contributed by atoms with Crippen molar-refractivity contribution in [3.8, 4) is 0 Å². The number of hydrogen-bond acceptors (Lipinski definition) is 14. The van der Waals surface area contributed by atoms with Crippen molar-refractivity contribution in [1.82, 2.24) is 19.6 Å². The van der Waals surface area contributed by atoms with Crippen LogP contribution in [-0.4, -0.2) is 154 Å². The lowest BCUT2D eigenvalue weighted by Gasteiger charge is -2.45. The van der Waals surface area contributed by atoms with Crippen LogP contribution in [0.2, 0.25) is 0 Å². The Bertz CT molecular complexity index is 1420. The molecule has 0 atom stereocenters. The van der Waals surface area contributed by atoms with Crippen molar-refractivity contribution in [2.45, 2.75) is 52.2 Å². The molecule has 1 saturated heterocycles. The number of hydrogen-bond donors (Lipinski definition) is 4. The Morgan fingerprint density at radius 1 is 0.536 bits per heavy atom. The highest BCUT2D eigenvalue weighted by Crippen LogP contribution is 2.55. The van der Waals surface area contributed by atoms with E-state index in [1.54, 1.807) is 61.8 Å². The molecular weight excluding hydrogens is 774 g/mol. The van der Waals surface area contributed by atoms with Gasteiger partial charge in [0.05, 0.1) is 13.1 Å². The van der Waals surface area contributed by atoms with E-state index in [4.69, 9.17) is 28.4 Å². The average molecular weight is 833 g/mol. The van der Waals surface area contributed by atoms with Gasteiger partial charge in [0.15, 0.2) is 0 Å². The van der Waals surface area contributed by atoms with Crippen LogP contribution >= 0.6 is 15.2 Å². The van der Waals surface area contributed by atoms with Gasteiger partial charge in [-0.25, -0.2) is 9.80 Å². The van der Waals surface area contributed by atoms with Crippen LogP contribution < -0.4 is 0 Å². The van der Waals surface area contributed by atoms with Crippen molar-refractivity contribution in [1.29, 1.82) is 0 Å². The highest BCUT2D eigenvalue weighted by Gasteiger charge is 2.56. The van der Waals surface area contributed by atoms with Crippen LogP contribution in [0.15, 0.2) is 60.7 Å². The number of carbonyl (C=O) groups is 2.